The van der Waals surface area contributed by atoms with Gasteiger partial charge in [-0.05, 0) is 30.3 Å². The van der Waals surface area contributed by atoms with Crippen LogP contribution in [-0.4, -0.2) is 27.6 Å². The van der Waals surface area contributed by atoms with Gasteiger partial charge in [-0.2, -0.15) is 0 Å². The number of halogens is 1. The number of nitrogens with one attached hydrogen (secondary N) is 1. The van der Waals surface area contributed by atoms with Crippen molar-refractivity contribution >= 4 is 55.0 Å². The van der Waals surface area contributed by atoms with Crippen molar-refractivity contribution in [1.29, 1.82) is 0 Å². The van der Waals surface area contributed by atoms with Gasteiger partial charge in [0.2, 0.25) is 5.91 Å². The van der Waals surface area contributed by atoms with Crippen LogP contribution in [0.15, 0.2) is 41.3 Å². The summed E-state index contributed by atoms with van der Waals surface area (Å²) in [4.78, 5) is 35.4. The van der Waals surface area contributed by atoms with Crippen molar-refractivity contribution in [2.45, 2.75) is 19.9 Å². The Balaban J connectivity index is 1.69. The van der Waals surface area contributed by atoms with E-state index >= 15 is 0 Å². The summed E-state index contributed by atoms with van der Waals surface area (Å²) >= 11 is 7.39. The molecule has 0 radical (unpaired) electrons. The minimum absolute atomic E-state index is 0.143. The average molecular weight is 429 g/mol. The first kappa shape index (κ1) is 19.4. The number of amides is 1. The number of thiophene rings is 1. The Morgan fingerprint density at radius 2 is 2.17 bits per heavy atom. The molecule has 0 aliphatic rings. The molecule has 4 aromatic rings. The normalized spacial score (nSPS) is 11.1. The Morgan fingerprint density at radius 3 is 2.90 bits per heavy atom. The Bertz CT molecular complexity index is 1300. The number of aryl methyl sites for hydroxylation is 1. The number of carbonyl (C=O) groups is 1. The molecule has 0 fully saturated rings. The van der Waals surface area contributed by atoms with Gasteiger partial charge in [0.15, 0.2) is 0 Å². The molecule has 0 aliphatic heterocycles. The van der Waals surface area contributed by atoms with Gasteiger partial charge in [0.05, 0.1) is 17.6 Å². The number of hydrogen-bond donors (Lipinski definition) is 1. The molecule has 3 aromatic heterocycles. The molecule has 1 N–H and O–H groups in total. The summed E-state index contributed by atoms with van der Waals surface area (Å²) in [5.74, 6) is 0.722. The lowest BCUT2D eigenvalue weighted by Gasteiger charge is -2.12. The quantitative estimate of drug-likeness (QED) is 0.521. The van der Waals surface area contributed by atoms with Crippen LogP contribution >= 0.6 is 22.9 Å². The van der Waals surface area contributed by atoms with Gasteiger partial charge in [-0.15, -0.1) is 11.3 Å². The number of fused-ring (bicyclic) bond motifs is 3. The van der Waals surface area contributed by atoms with Crippen LogP contribution in [0.5, 0.6) is 5.75 Å². The zero-order valence-corrected chi connectivity index (χ0v) is 17.3. The number of rotatable bonds is 5. The largest absolute Gasteiger partial charge is 0.495 e. The summed E-state index contributed by atoms with van der Waals surface area (Å²) < 4.78 is 7.02. The maximum atomic E-state index is 13.1. The molecule has 0 saturated carbocycles. The van der Waals surface area contributed by atoms with Crippen LogP contribution in [-0.2, 0) is 17.8 Å². The van der Waals surface area contributed by atoms with E-state index in [1.54, 1.807) is 24.4 Å². The molecule has 9 heteroatoms. The van der Waals surface area contributed by atoms with Crippen LogP contribution in [0.3, 0.4) is 0 Å². The molecule has 29 heavy (non-hydrogen) atoms. The summed E-state index contributed by atoms with van der Waals surface area (Å²) in [6.45, 7) is 1.76. The predicted molar refractivity (Wildman–Crippen MR) is 115 cm³/mol. The van der Waals surface area contributed by atoms with E-state index in [9.17, 15) is 9.59 Å². The smallest absolute Gasteiger partial charge is 0.272 e. The first-order valence-corrected chi connectivity index (χ1v) is 10.1. The highest BCUT2D eigenvalue weighted by Crippen LogP contribution is 2.29. The molecule has 0 unspecified atom stereocenters. The number of aromatic nitrogens is 3. The molecule has 148 valence electrons. The van der Waals surface area contributed by atoms with Crippen LogP contribution in [0, 0.1) is 0 Å². The number of benzene rings is 1. The minimum Gasteiger partial charge on any atom is -0.495 e. The molecule has 1 aromatic carbocycles. The summed E-state index contributed by atoms with van der Waals surface area (Å²) in [6, 6.07) is 8.67. The average Bonchev–Trinajstić information content (AvgIpc) is 3.09. The molecule has 0 saturated heterocycles. The highest BCUT2D eigenvalue weighted by molar-refractivity contribution is 7.25. The third-order valence-corrected chi connectivity index (χ3v) is 5.87. The van der Waals surface area contributed by atoms with Crippen molar-refractivity contribution in [2.24, 2.45) is 0 Å². The number of nitrogens with zero attached hydrogens (tertiary/aromatic N) is 3. The lowest BCUT2D eigenvalue weighted by Crippen LogP contribution is -2.30. The van der Waals surface area contributed by atoms with E-state index in [1.165, 1.54) is 23.0 Å². The van der Waals surface area contributed by atoms with Gasteiger partial charge in [-0.3, -0.25) is 14.2 Å². The third kappa shape index (κ3) is 3.56. The number of ether oxygens (including phenoxy) is 1. The molecule has 7 nitrogen and oxygen atoms in total. The second kappa shape index (κ2) is 7.81. The molecule has 0 aliphatic carbocycles. The number of anilines is 1. The maximum absolute atomic E-state index is 13.1. The van der Waals surface area contributed by atoms with Crippen LogP contribution in [0.1, 0.15) is 12.7 Å². The highest BCUT2D eigenvalue weighted by atomic mass is 35.5. The van der Waals surface area contributed by atoms with E-state index in [-0.39, 0.29) is 18.0 Å². The van der Waals surface area contributed by atoms with E-state index in [4.69, 9.17) is 16.3 Å². The van der Waals surface area contributed by atoms with E-state index in [0.717, 1.165) is 10.2 Å². The van der Waals surface area contributed by atoms with Gasteiger partial charge in [-0.1, -0.05) is 18.5 Å². The van der Waals surface area contributed by atoms with Gasteiger partial charge in [0.1, 0.15) is 27.6 Å². The van der Waals surface area contributed by atoms with Crippen molar-refractivity contribution in [3.05, 3.63) is 57.7 Å². The Labute approximate surface area is 174 Å². The SMILES string of the molecule is CCc1nc2c(sc3ncccc32)c(=O)n1CC(=O)Nc1ccc(OC)c(Cl)c1. The zero-order chi connectivity index (χ0) is 20.5. The summed E-state index contributed by atoms with van der Waals surface area (Å²) in [5, 5.41) is 4.00. The number of carbonyl (C=O) groups excluding carboxylic acids is 1. The van der Waals surface area contributed by atoms with Crippen molar-refractivity contribution in [3.8, 4) is 5.75 Å². The van der Waals surface area contributed by atoms with Crippen molar-refractivity contribution < 1.29 is 9.53 Å². The van der Waals surface area contributed by atoms with Crippen LogP contribution in [0.25, 0.3) is 20.4 Å². The van der Waals surface area contributed by atoms with Gasteiger partial charge < -0.3 is 10.1 Å². The summed E-state index contributed by atoms with van der Waals surface area (Å²) in [7, 11) is 1.52. The lowest BCUT2D eigenvalue weighted by atomic mass is 10.3. The molecule has 3 heterocycles. The van der Waals surface area contributed by atoms with Crippen molar-refractivity contribution in [3.63, 3.8) is 0 Å². The van der Waals surface area contributed by atoms with E-state index in [2.05, 4.69) is 15.3 Å². The maximum Gasteiger partial charge on any atom is 0.272 e. The van der Waals surface area contributed by atoms with E-state index < -0.39 is 0 Å². The van der Waals surface area contributed by atoms with E-state index in [0.29, 0.717) is 38.9 Å². The fraction of sp³-hybridized carbons (Fsp3) is 0.200. The van der Waals surface area contributed by atoms with Gasteiger partial charge in [-0.25, -0.2) is 9.97 Å². The fourth-order valence-corrected chi connectivity index (χ4v) is 4.42. The molecule has 0 bridgehead atoms. The highest BCUT2D eigenvalue weighted by Gasteiger charge is 2.17. The lowest BCUT2D eigenvalue weighted by molar-refractivity contribution is -0.116. The molecular formula is C20H17ClN4O3S. The topological polar surface area (TPSA) is 86.1 Å². The third-order valence-electron chi connectivity index (χ3n) is 4.49. The first-order chi connectivity index (χ1) is 14.0. The molecule has 0 atom stereocenters. The Morgan fingerprint density at radius 1 is 1.34 bits per heavy atom. The van der Waals surface area contributed by atoms with Crippen LogP contribution in [0.2, 0.25) is 5.02 Å². The summed E-state index contributed by atoms with van der Waals surface area (Å²) in [6.07, 6.45) is 2.20. The number of pyridine rings is 1. The zero-order valence-electron chi connectivity index (χ0n) is 15.7. The second-order valence-corrected chi connectivity index (χ2v) is 7.71. The fourth-order valence-electron chi connectivity index (χ4n) is 3.13. The number of methoxy groups -OCH3 is 1. The molecule has 1 amide bonds. The van der Waals surface area contributed by atoms with Gasteiger partial charge >= 0.3 is 0 Å². The summed E-state index contributed by atoms with van der Waals surface area (Å²) in [5.41, 5.74) is 0.920. The van der Waals surface area contributed by atoms with Gasteiger partial charge in [0, 0.05) is 23.7 Å². The standard InChI is InChI=1S/C20H17ClN4O3S/c1-3-15-24-17-12-5-4-8-22-19(12)29-18(17)20(27)25(15)10-16(26)23-11-6-7-14(28-2)13(21)9-11/h4-9H,3,10H2,1-2H3,(H,23,26). The van der Waals surface area contributed by atoms with Crippen molar-refractivity contribution in [2.75, 3.05) is 12.4 Å². The Kier molecular flexibility index (Phi) is 5.21. The van der Waals surface area contributed by atoms with Crippen LogP contribution in [0.4, 0.5) is 5.69 Å². The van der Waals surface area contributed by atoms with Gasteiger partial charge in [0.25, 0.3) is 5.56 Å². The van der Waals surface area contributed by atoms with Crippen LogP contribution < -0.4 is 15.6 Å². The second-order valence-electron chi connectivity index (χ2n) is 6.31. The predicted octanol–water partition coefficient (Wildman–Crippen LogP) is 3.87. The molecule has 0 spiro atoms. The molecule has 4 rings (SSSR count). The number of hydrogen-bond acceptors (Lipinski definition) is 6. The monoisotopic (exact) mass is 428 g/mol. The molecular weight excluding hydrogens is 412 g/mol. The Hall–Kier alpha value is -2.97. The van der Waals surface area contributed by atoms with E-state index in [1.807, 2.05) is 19.1 Å². The first-order valence-electron chi connectivity index (χ1n) is 8.92. The van der Waals surface area contributed by atoms with Crippen molar-refractivity contribution in [1.82, 2.24) is 14.5 Å². The minimum atomic E-state index is -0.344.